The minimum atomic E-state index is -2.49. The molecule has 0 aromatic heterocycles. The van der Waals surface area contributed by atoms with E-state index in [9.17, 15) is 0 Å². The minimum Gasteiger partial charge on any atom is -0.377 e. The SMILES string of the molecule is [C-]#[N+]CCN(CCCC#N)CCC[Si](OC)(OC)OC. The van der Waals surface area contributed by atoms with Gasteiger partial charge in [0.05, 0.1) is 12.6 Å². The average molecular weight is 299 g/mol. The van der Waals surface area contributed by atoms with E-state index in [2.05, 4.69) is 15.8 Å². The Kier molecular flexibility index (Phi) is 11.3. The van der Waals surface area contributed by atoms with Gasteiger partial charge in [-0.25, -0.2) is 6.57 Å². The largest absolute Gasteiger partial charge is 0.500 e. The molecule has 0 unspecified atom stereocenters. The highest BCUT2D eigenvalue weighted by Crippen LogP contribution is 2.15. The topological polar surface area (TPSA) is 59.1 Å². The van der Waals surface area contributed by atoms with Gasteiger partial charge in [-0.15, -0.1) is 0 Å². The molecule has 0 aromatic rings. The van der Waals surface area contributed by atoms with E-state index in [-0.39, 0.29) is 0 Å². The van der Waals surface area contributed by atoms with Crippen molar-refractivity contribution in [1.29, 1.82) is 5.26 Å². The van der Waals surface area contributed by atoms with Crippen LogP contribution in [0.25, 0.3) is 4.85 Å². The van der Waals surface area contributed by atoms with Crippen LogP contribution in [0.15, 0.2) is 0 Å². The summed E-state index contributed by atoms with van der Waals surface area (Å²) in [4.78, 5) is 5.60. The van der Waals surface area contributed by atoms with Crippen LogP contribution in [0.3, 0.4) is 0 Å². The second kappa shape index (κ2) is 11.8. The zero-order chi connectivity index (χ0) is 15.3. The van der Waals surface area contributed by atoms with Crippen molar-refractivity contribution >= 4 is 8.80 Å². The van der Waals surface area contributed by atoms with E-state index in [1.54, 1.807) is 21.3 Å². The summed E-state index contributed by atoms with van der Waals surface area (Å²) >= 11 is 0. The van der Waals surface area contributed by atoms with Crippen LogP contribution in [0.2, 0.25) is 6.04 Å². The molecule has 7 heteroatoms. The summed E-state index contributed by atoms with van der Waals surface area (Å²) in [6.45, 7) is 9.83. The van der Waals surface area contributed by atoms with Gasteiger partial charge in [0.2, 0.25) is 6.54 Å². The zero-order valence-corrected chi connectivity index (χ0v) is 13.7. The fourth-order valence-electron chi connectivity index (χ4n) is 1.98. The fourth-order valence-corrected chi connectivity index (χ4v) is 3.69. The van der Waals surface area contributed by atoms with Crippen LogP contribution in [0.5, 0.6) is 0 Å². The number of hydrogen-bond donors (Lipinski definition) is 0. The monoisotopic (exact) mass is 299 g/mol. The Morgan fingerprint density at radius 3 is 2.20 bits per heavy atom. The summed E-state index contributed by atoms with van der Waals surface area (Å²) < 4.78 is 16.1. The minimum absolute atomic E-state index is 0.494. The molecule has 0 spiro atoms. The Labute approximate surface area is 123 Å². The first-order valence-corrected chi connectivity index (χ1v) is 8.69. The first-order chi connectivity index (χ1) is 9.67. The highest BCUT2D eigenvalue weighted by Gasteiger charge is 2.36. The molecule has 0 radical (unpaired) electrons. The number of rotatable bonds is 12. The van der Waals surface area contributed by atoms with Gasteiger partial charge >= 0.3 is 8.80 Å². The van der Waals surface area contributed by atoms with Gasteiger partial charge in [-0.3, -0.25) is 4.90 Å². The normalized spacial score (nSPS) is 11.3. The third-order valence-electron chi connectivity index (χ3n) is 3.18. The Hall–Kier alpha value is -0.963. The van der Waals surface area contributed by atoms with Gasteiger partial charge in [-0.05, 0) is 25.9 Å². The highest BCUT2D eigenvalue weighted by atomic mass is 28.4. The van der Waals surface area contributed by atoms with Gasteiger partial charge < -0.3 is 18.1 Å². The lowest BCUT2D eigenvalue weighted by Gasteiger charge is -2.26. The smallest absolute Gasteiger partial charge is 0.377 e. The second-order valence-electron chi connectivity index (χ2n) is 4.38. The Morgan fingerprint density at radius 1 is 1.10 bits per heavy atom. The van der Waals surface area contributed by atoms with Crippen LogP contribution >= 0.6 is 0 Å². The summed E-state index contributed by atoms with van der Waals surface area (Å²) in [6, 6.07) is 2.90. The molecule has 0 amide bonds. The molecule has 0 saturated heterocycles. The van der Waals surface area contributed by atoms with E-state index in [4.69, 9.17) is 25.1 Å². The molecule has 0 N–H and O–H groups in total. The maximum atomic E-state index is 8.57. The molecule has 0 fully saturated rings. The first kappa shape index (κ1) is 19.0. The maximum absolute atomic E-state index is 8.57. The highest BCUT2D eigenvalue weighted by molar-refractivity contribution is 6.60. The summed E-state index contributed by atoms with van der Waals surface area (Å²) in [7, 11) is 2.35. The standard InChI is InChI=1S/C13H25N3O3Si/c1-15-9-12-16(10-6-5-8-14)11-7-13-20(17-2,18-3)19-4/h5-7,9-13H2,2-4H3. The van der Waals surface area contributed by atoms with Crippen LogP contribution < -0.4 is 0 Å². The van der Waals surface area contributed by atoms with Crippen molar-refractivity contribution in [2.24, 2.45) is 0 Å². The predicted octanol–water partition coefficient (Wildman–Crippen LogP) is 1.78. The first-order valence-electron chi connectivity index (χ1n) is 6.76. The van der Waals surface area contributed by atoms with Gasteiger partial charge in [0.15, 0.2) is 0 Å². The lowest BCUT2D eigenvalue weighted by molar-refractivity contribution is 0.121. The molecule has 0 aliphatic rings. The van der Waals surface area contributed by atoms with Crippen molar-refractivity contribution in [2.45, 2.75) is 25.3 Å². The van der Waals surface area contributed by atoms with Crippen molar-refractivity contribution < 1.29 is 13.3 Å². The molecule has 0 aliphatic carbocycles. The molecule has 0 bridgehead atoms. The molecule has 0 saturated carbocycles. The van der Waals surface area contributed by atoms with E-state index in [1.165, 1.54) is 0 Å². The van der Waals surface area contributed by atoms with E-state index < -0.39 is 8.80 Å². The Bertz CT molecular complexity index is 316. The van der Waals surface area contributed by atoms with Crippen molar-refractivity contribution in [2.75, 3.05) is 47.5 Å². The quantitative estimate of drug-likeness (QED) is 0.312. The molecule has 0 heterocycles. The number of nitriles is 1. The predicted molar refractivity (Wildman–Crippen MR) is 79.0 cm³/mol. The van der Waals surface area contributed by atoms with Crippen molar-refractivity contribution in [3.05, 3.63) is 11.4 Å². The third-order valence-corrected chi connectivity index (χ3v) is 6.01. The third kappa shape index (κ3) is 7.58. The summed E-state index contributed by atoms with van der Waals surface area (Å²) in [5.74, 6) is 0. The molecule has 0 rings (SSSR count). The Morgan fingerprint density at radius 2 is 1.70 bits per heavy atom. The Balaban J connectivity index is 4.17. The lowest BCUT2D eigenvalue weighted by Crippen LogP contribution is -2.43. The summed E-state index contributed by atoms with van der Waals surface area (Å²) in [5.41, 5.74) is 0. The van der Waals surface area contributed by atoms with E-state index in [1.807, 2.05) is 0 Å². The second-order valence-corrected chi connectivity index (χ2v) is 7.47. The molecular formula is C13H25N3O3Si. The summed E-state index contributed by atoms with van der Waals surface area (Å²) in [6.07, 6.45) is 2.30. The van der Waals surface area contributed by atoms with Crippen LogP contribution in [-0.4, -0.2) is 61.2 Å². The van der Waals surface area contributed by atoms with Crippen molar-refractivity contribution in [1.82, 2.24) is 4.90 Å². The molecular weight excluding hydrogens is 274 g/mol. The zero-order valence-electron chi connectivity index (χ0n) is 12.7. The van der Waals surface area contributed by atoms with Crippen LogP contribution in [-0.2, 0) is 13.3 Å². The molecule has 0 atom stereocenters. The number of hydrogen-bond acceptors (Lipinski definition) is 5. The number of unbranched alkanes of at least 4 members (excludes halogenated alkanes) is 1. The van der Waals surface area contributed by atoms with E-state index >= 15 is 0 Å². The average Bonchev–Trinajstić information content (AvgIpc) is 2.49. The van der Waals surface area contributed by atoms with E-state index in [0.717, 1.165) is 38.5 Å². The number of nitrogens with zero attached hydrogens (tertiary/aromatic N) is 3. The molecule has 114 valence electrons. The van der Waals surface area contributed by atoms with Crippen molar-refractivity contribution in [3.63, 3.8) is 0 Å². The van der Waals surface area contributed by atoms with Crippen LogP contribution in [0, 0.1) is 17.9 Å². The molecule has 0 aromatic carbocycles. The van der Waals surface area contributed by atoms with Gasteiger partial charge in [-0.1, -0.05) is 0 Å². The van der Waals surface area contributed by atoms with Gasteiger partial charge in [0.1, 0.15) is 0 Å². The van der Waals surface area contributed by atoms with Crippen molar-refractivity contribution in [3.8, 4) is 6.07 Å². The van der Waals surface area contributed by atoms with Gasteiger partial charge in [-0.2, -0.15) is 5.26 Å². The van der Waals surface area contributed by atoms with E-state index in [0.29, 0.717) is 13.0 Å². The van der Waals surface area contributed by atoms with Gasteiger partial charge in [0.25, 0.3) is 0 Å². The van der Waals surface area contributed by atoms with Crippen LogP contribution in [0.4, 0.5) is 0 Å². The lowest BCUT2D eigenvalue weighted by atomic mass is 10.3. The fraction of sp³-hybridized carbons (Fsp3) is 0.846. The summed E-state index contributed by atoms with van der Waals surface area (Å²) in [5, 5.41) is 8.57. The molecule has 20 heavy (non-hydrogen) atoms. The molecule has 0 aliphatic heterocycles. The maximum Gasteiger partial charge on any atom is 0.500 e. The molecule has 6 nitrogen and oxygen atoms in total. The van der Waals surface area contributed by atoms with Crippen LogP contribution in [0.1, 0.15) is 19.3 Å². The van der Waals surface area contributed by atoms with Gasteiger partial charge in [0, 0.05) is 33.8 Å².